The van der Waals surface area contributed by atoms with Crippen LogP contribution in [0.15, 0.2) is 85.5 Å². The molecule has 1 heterocycles. The number of nitrogens with zero attached hydrogens (tertiary/aromatic N) is 2. The van der Waals surface area contributed by atoms with Gasteiger partial charge < -0.3 is 14.0 Å². The van der Waals surface area contributed by atoms with Gasteiger partial charge in [0.05, 0.1) is 25.5 Å². The first-order chi connectivity index (χ1) is 13.8. The lowest BCUT2D eigenvalue weighted by molar-refractivity contribution is 0.0254. The van der Waals surface area contributed by atoms with Crippen LogP contribution in [-0.2, 0) is 11.3 Å². The zero-order valence-electron chi connectivity index (χ0n) is 15.5. The maximum absolute atomic E-state index is 12.8. The fraction of sp³-hybridized carbons (Fsp3) is 0.130. The van der Waals surface area contributed by atoms with E-state index in [2.05, 4.69) is 4.98 Å². The van der Waals surface area contributed by atoms with Crippen molar-refractivity contribution in [3.8, 4) is 5.75 Å². The Morgan fingerprint density at radius 1 is 1.04 bits per heavy atom. The summed E-state index contributed by atoms with van der Waals surface area (Å²) in [5.74, 6) is 0.311. The third kappa shape index (κ3) is 3.60. The molecule has 4 aromatic rings. The molecule has 0 amide bonds. The maximum Gasteiger partial charge on any atom is 0.338 e. The molecule has 0 aliphatic heterocycles. The van der Waals surface area contributed by atoms with Crippen molar-refractivity contribution in [2.45, 2.75) is 12.6 Å². The summed E-state index contributed by atoms with van der Waals surface area (Å²) < 4.78 is 13.5. The highest BCUT2D eigenvalue weighted by Gasteiger charge is 2.24. The van der Waals surface area contributed by atoms with E-state index >= 15 is 0 Å². The largest absolute Gasteiger partial charge is 0.496 e. The predicted octanol–water partition coefficient (Wildman–Crippen LogP) is 4.64. The van der Waals surface area contributed by atoms with Gasteiger partial charge >= 0.3 is 5.97 Å². The van der Waals surface area contributed by atoms with Gasteiger partial charge in [-0.05, 0) is 29.0 Å². The van der Waals surface area contributed by atoms with Crippen molar-refractivity contribution in [3.05, 3.63) is 96.6 Å². The van der Waals surface area contributed by atoms with E-state index in [1.54, 1.807) is 31.8 Å². The van der Waals surface area contributed by atoms with Gasteiger partial charge in [-0.15, -0.1) is 0 Å². The monoisotopic (exact) mass is 372 g/mol. The van der Waals surface area contributed by atoms with Crippen molar-refractivity contribution in [2.75, 3.05) is 7.11 Å². The van der Waals surface area contributed by atoms with Crippen molar-refractivity contribution >= 4 is 16.7 Å². The number of aromatic nitrogens is 2. The molecule has 140 valence electrons. The average Bonchev–Trinajstić information content (AvgIpc) is 3.26. The fourth-order valence-electron chi connectivity index (χ4n) is 3.33. The minimum atomic E-state index is -0.539. The van der Waals surface area contributed by atoms with Crippen molar-refractivity contribution in [2.24, 2.45) is 0 Å². The van der Waals surface area contributed by atoms with E-state index in [1.165, 1.54) is 0 Å². The number of esters is 1. The van der Waals surface area contributed by atoms with Gasteiger partial charge in [0.25, 0.3) is 0 Å². The quantitative estimate of drug-likeness (QED) is 0.463. The first-order valence-corrected chi connectivity index (χ1v) is 9.03. The van der Waals surface area contributed by atoms with E-state index in [0.29, 0.717) is 17.9 Å². The van der Waals surface area contributed by atoms with Crippen LogP contribution in [0.1, 0.15) is 22.0 Å². The molecule has 0 aliphatic carbocycles. The van der Waals surface area contributed by atoms with Crippen LogP contribution >= 0.6 is 0 Å². The van der Waals surface area contributed by atoms with Gasteiger partial charge in [-0.3, -0.25) is 0 Å². The Morgan fingerprint density at radius 2 is 1.82 bits per heavy atom. The van der Waals surface area contributed by atoms with Gasteiger partial charge in [-0.25, -0.2) is 9.78 Å². The summed E-state index contributed by atoms with van der Waals surface area (Å²) in [5.41, 5.74) is 1.36. The number of carbonyl (C=O) groups is 1. The second-order valence-corrected chi connectivity index (χ2v) is 6.42. The van der Waals surface area contributed by atoms with Crippen LogP contribution in [-0.4, -0.2) is 22.6 Å². The zero-order valence-corrected chi connectivity index (χ0v) is 15.5. The van der Waals surface area contributed by atoms with E-state index < -0.39 is 6.10 Å². The first-order valence-electron chi connectivity index (χ1n) is 9.03. The van der Waals surface area contributed by atoms with E-state index in [1.807, 2.05) is 65.4 Å². The molecule has 4 rings (SSSR count). The Labute approximate surface area is 163 Å². The second-order valence-electron chi connectivity index (χ2n) is 6.42. The predicted molar refractivity (Wildman–Crippen MR) is 107 cm³/mol. The Bertz CT molecular complexity index is 1080. The lowest BCUT2D eigenvalue weighted by atomic mass is 9.98. The number of carbonyl (C=O) groups excluding carboxylic acids is 1. The zero-order chi connectivity index (χ0) is 19.3. The molecule has 0 saturated carbocycles. The van der Waals surface area contributed by atoms with Crippen molar-refractivity contribution in [1.29, 1.82) is 0 Å². The molecular formula is C23H20N2O3. The van der Waals surface area contributed by atoms with Crippen LogP contribution in [0, 0.1) is 0 Å². The SMILES string of the molecule is COc1ccc2ccccc2c1C(Cn1ccnc1)OC(=O)c1ccccc1. The van der Waals surface area contributed by atoms with E-state index in [9.17, 15) is 4.79 Å². The Kier molecular flexibility index (Phi) is 5.06. The fourth-order valence-corrected chi connectivity index (χ4v) is 3.33. The number of fused-ring (bicyclic) bond motifs is 1. The van der Waals surface area contributed by atoms with Crippen molar-refractivity contribution < 1.29 is 14.3 Å². The summed E-state index contributed by atoms with van der Waals surface area (Å²) in [7, 11) is 1.63. The highest BCUT2D eigenvalue weighted by Crippen LogP contribution is 2.36. The molecule has 0 bridgehead atoms. The van der Waals surface area contributed by atoms with Gasteiger partial charge in [-0.1, -0.05) is 48.5 Å². The molecule has 0 aliphatic rings. The van der Waals surface area contributed by atoms with Crippen molar-refractivity contribution in [3.63, 3.8) is 0 Å². The Balaban J connectivity index is 1.79. The molecule has 0 radical (unpaired) electrons. The first kappa shape index (κ1) is 17.8. The molecule has 0 saturated heterocycles. The third-order valence-electron chi connectivity index (χ3n) is 4.67. The standard InChI is InChI=1S/C23H20N2O3/c1-27-20-12-11-17-7-5-6-10-19(17)22(20)21(15-25-14-13-24-16-25)28-23(26)18-8-3-2-4-9-18/h2-14,16,21H,15H2,1H3. The second kappa shape index (κ2) is 7.96. The number of benzene rings is 3. The van der Waals surface area contributed by atoms with Crippen LogP contribution in [0.25, 0.3) is 10.8 Å². The van der Waals surface area contributed by atoms with Crippen LogP contribution in [0.2, 0.25) is 0 Å². The molecule has 3 aromatic carbocycles. The van der Waals surface area contributed by atoms with E-state index in [0.717, 1.165) is 16.3 Å². The van der Waals surface area contributed by atoms with E-state index in [-0.39, 0.29) is 5.97 Å². The minimum absolute atomic E-state index is 0.374. The number of rotatable bonds is 6. The normalized spacial score (nSPS) is 11.9. The third-order valence-corrected chi connectivity index (χ3v) is 4.67. The molecule has 0 spiro atoms. The molecule has 1 atom stereocenters. The van der Waals surface area contributed by atoms with Gasteiger partial charge in [0, 0.05) is 18.0 Å². The molecule has 28 heavy (non-hydrogen) atoms. The Morgan fingerprint density at radius 3 is 2.57 bits per heavy atom. The number of ether oxygens (including phenoxy) is 2. The molecule has 1 aromatic heterocycles. The average molecular weight is 372 g/mol. The highest BCUT2D eigenvalue weighted by atomic mass is 16.5. The summed E-state index contributed by atoms with van der Waals surface area (Å²) in [6, 6.07) is 20.9. The summed E-state index contributed by atoms with van der Waals surface area (Å²) in [6.45, 7) is 0.433. The Hall–Kier alpha value is -3.60. The number of methoxy groups -OCH3 is 1. The molecule has 0 N–H and O–H groups in total. The molecular weight excluding hydrogens is 352 g/mol. The molecule has 5 heteroatoms. The minimum Gasteiger partial charge on any atom is -0.496 e. The number of imidazole rings is 1. The summed E-state index contributed by atoms with van der Waals surface area (Å²) >= 11 is 0. The maximum atomic E-state index is 12.8. The van der Waals surface area contributed by atoms with Crippen LogP contribution in [0.3, 0.4) is 0 Å². The lowest BCUT2D eigenvalue weighted by Crippen LogP contribution is -2.17. The van der Waals surface area contributed by atoms with Gasteiger partial charge in [-0.2, -0.15) is 0 Å². The number of hydrogen-bond acceptors (Lipinski definition) is 4. The van der Waals surface area contributed by atoms with E-state index in [4.69, 9.17) is 9.47 Å². The van der Waals surface area contributed by atoms with Gasteiger partial charge in [0.1, 0.15) is 11.9 Å². The molecule has 0 fully saturated rings. The topological polar surface area (TPSA) is 53.4 Å². The lowest BCUT2D eigenvalue weighted by Gasteiger charge is -2.23. The van der Waals surface area contributed by atoms with Gasteiger partial charge in [0.15, 0.2) is 0 Å². The highest BCUT2D eigenvalue weighted by molar-refractivity contribution is 5.91. The molecule has 1 unspecified atom stereocenters. The van der Waals surface area contributed by atoms with Crippen LogP contribution < -0.4 is 4.74 Å². The van der Waals surface area contributed by atoms with Crippen LogP contribution in [0.5, 0.6) is 5.75 Å². The summed E-state index contributed by atoms with van der Waals surface area (Å²) in [5, 5.41) is 2.05. The van der Waals surface area contributed by atoms with Gasteiger partial charge in [0.2, 0.25) is 0 Å². The summed E-state index contributed by atoms with van der Waals surface area (Å²) in [4.78, 5) is 16.9. The summed E-state index contributed by atoms with van der Waals surface area (Å²) in [6.07, 6.45) is 4.72. The smallest absolute Gasteiger partial charge is 0.338 e. The van der Waals surface area contributed by atoms with Crippen molar-refractivity contribution in [1.82, 2.24) is 9.55 Å². The number of hydrogen-bond donors (Lipinski definition) is 0. The molecule has 5 nitrogen and oxygen atoms in total. The van der Waals surface area contributed by atoms with Crippen LogP contribution in [0.4, 0.5) is 0 Å².